The summed E-state index contributed by atoms with van der Waals surface area (Å²) in [4.78, 5) is 37.1. The zero-order valence-corrected chi connectivity index (χ0v) is 17.7. The smallest absolute Gasteiger partial charge is 0.252 e. The second-order valence-corrected chi connectivity index (χ2v) is 8.40. The molecule has 30 heavy (non-hydrogen) atoms. The standard InChI is InChI=1S/C22H18N4O2S2/c1-14-20(30-21(23-14)15-8-4-2-5-9-15)17-12-18(27)26-22(25-17)29-13-19(28)24-16-10-6-3-7-11-16/h2-12H,13H2,1H3,(H,24,28)(H,25,26,27). The maximum Gasteiger partial charge on any atom is 0.252 e. The van der Waals surface area contributed by atoms with E-state index < -0.39 is 0 Å². The fourth-order valence-corrected chi connectivity index (χ4v) is 4.52. The van der Waals surface area contributed by atoms with Crippen molar-refractivity contribution in [3.05, 3.63) is 82.8 Å². The molecule has 6 nitrogen and oxygen atoms in total. The summed E-state index contributed by atoms with van der Waals surface area (Å²) in [5.74, 6) is -0.0299. The third-order valence-corrected chi connectivity index (χ3v) is 6.27. The molecule has 0 radical (unpaired) electrons. The first-order valence-corrected chi connectivity index (χ1v) is 11.0. The van der Waals surface area contributed by atoms with Crippen LogP contribution in [0.5, 0.6) is 0 Å². The van der Waals surface area contributed by atoms with Gasteiger partial charge in [-0.15, -0.1) is 11.3 Å². The minimum absolute atomic E-state index is 0.137. The second kappa shape index (κ2) is 9.06. The van der Waals surface area contributed by atoms with E-state index in [0.717, 1.165) is 26.8 Å². The summed E-state index contributed by atoms with van der Waals surface area (Å²) in [5.41, 5.74) is 2.86. The summed E-state index contributed by atoms with van der Waals surface area (Å²) in [7, 11) is 0. The zero-order valence-electron chi connectivity index (χ0n) is 16.1. The van der Waals surface area contributed by atoms with Crippen molar-refractivity contribution in [1.82, 2.24) is 15.0 Å². The van der Waals surface area contributed by atoms with Crippen molar-refractivity contribution in [2.45, 2.75) is 12.1 Å². The lowest BCUT2D eigenvalue weighted by Gasteiger charge is -2.05. The van der Waals surface area contributed by atoms with Crippen LogP contribution in [-0.4, -0.2) is 26.6 Å². The quantitative estimate of drug-likeness (QED) is 0.342. The van der Waals surface area contributed by atoms with Gasteiger partial charge < -0.3 is 10.3 Å². The number of rotatable bonds is 6. The van der Waals surface area contributed by atoms with Crippen LogP contribution in [0.3, 0.4) is 0 Å². The lowest BCUT2D eigenvalue weighted by Crippen LogP contribution is -2.15. The molecule has 4 aromatic rings. The fraction of sp³-hybridized carbons (Fsp3) is 0.0909. The Morgan fingerprint density at radius 3 is 2.50 bits per heavy atom. The predicted octanol–water partition coefficient (Wildman–Crippen LogP) is 4.60. The Labute approximate surface area is 181 Å². The summed E-state index contributed by atoms with van der Waals surface area (Å²) >= 11 is 2.68. The Morgan fingerprint density at radius 2 is 1.77 bits per heavy atom. The number of anilines is 1. The average Bonchev–Trinajstić information content (AvgIpc) is 3.15. The first kappa shape index (κ1) is 20.1. The van der Waals surface area contributed by atoms with Gasteiger partial charge in [0.1, 0.15) is 5.01 Å². The normalized spacial score (nSPS) is 10.7. The summed E-state index contributed by atoms with van der Waals surface area (Å²) in [6.07, 6.45) is 0. The number of hydrogen-bond donors (Lipinski definition) is 2. The monoisotopic (exact) mass is 434 g/mol. The third kappa shape index (κ3) is 4.84. The van der Waals surface area contributed by atoms with Crippen LogP contribution in [0.2, 0.25) is 0 Å². The predicted molar refractivity (Wildman–Crippen MR) is 122 cm³/mol. The van der Waals surface area contributed by atoms with Crippen LogP contribution in [0, 0.1) is 6.92 Å². The molecule has 2 aromatic heterocycles. The number of H-pyrrole nitrogens is 1. The van der Waals surface area contributed by atoms with E-state index in [1.165, 1.54) is 29.2 Å². The first-order valence-electron chi connectivity index (χ1n) is 9.21. The molecule has 0 spiro atoms. The van der Waals surface area contributed by atoms with Crippen LogP contribution in [0.25, 0.3) is 21.1 Å². The first-order chi connectivity index (χ1) is 14.6. The van der Waals surface area contributed by atoms with Crippen LogP contribution < -0.4 is 10.9 Å². The van der Waals surface area contributed by atoms with Crippen LogP contribution in [-0.2, 0) is 4.79 Å². The molecule has 0 unspecified atom stereocenters. The Morgan fingerprint density at radius 1 is 1.07 bits per heavy atom. The number of thiazole rings is 1. The van der Waals surface area contributed by atoms with E-state index in [9.17, 15) is 9.59 Å². The average molecular weight is 435 g/mol. The van der Waals surface area contributed by atoms with Gasteiger partial charge in [-0.25, -0.2) is 9.97 Å². The van der Waals surface area contributed by atoms with Gasteiger partial charge in [-0.05, 0) is 19.1 Å². The largest absolute Gasteiger partial charge is 0.325 e. The molecule has 4 rings (SSSR count). The highest BCUT2D eigenvalue weighted by atomic mass is 32.2. The van der Waals surface area contributed by atoms with Gasteiger partial charge in [-0.2, -0.15) is 0 Å². The van der Waals surface area contributed by atoms with Crippen molar-refractivity contribution in [1.29, 1.82) is 0 Å². The van der Waals surface area contributed by atoms with Crippen molar-refractivity contribution < 1.29 is 4.79 Å². The highest BCUT2D eigenvalue weighted by Crippen LogP contribution is 2.34. The molecular formula is C22H18N4O2S2. The topological polar surface area (TPSA) is 87.7 Å². The maximum atomic E-state index is 12.2. The van der Waals surface area contributed by atoms with Gasteiger partial charge in [0.25, 0.3) is 5.56 Å². The molecule has 2 heterocycles. The maximum absolute atomic E-state index is 12.2. The molecule has 0 fully saturated rings. The molecule has 0 saturated heterocycles. The summed E-state index contributed by atoms with van der Waals surface area (Å²) < 4.78 is 0. The van der Waals surface area contributed by atoms with E-state index in [0.29, 0.717) is 10.9 Å². The molecule has 2 N–H and O–H groups in total. The lowest BCUT2D eigenvalue weighted by molar-refractivity contribution is -0.113. The fourth-order valence-electron chi connectivity index (χ4n) is 2.81. The van der Waals surface area contributed by atoms with Gasteiger partial charge >= 0.3 is 0 Å². The van der Waals surface area contributed by atoms with Crippen LogP contribution >= 0.6 is 23.1 Å². The van der Waals surface area contributed by atoms with Gasteiger partial charge in [0.15, 0.2) is 5.16 Å². The molecule has 0 aliphatic rings. The second-order valence-electron chi connectivity index (χ2n) is 6.44. The van der Waals surface area contributed by atoms with E-state index in [2.05, 4.69) is 20.3 Å². The van der Waals surface area contributed by atoms with Gasteiger partial charge in [-0.3, -0.25) is 9.59 Å². The van der Waals surface area contributed by atoms with Crippen LogP contribution in [0.4, 0.5) is 5.69 Å². The number of hydrogen-bond acceptors (Lipinski definition) is 6. The Bertz CT molecular complexity index is 1220. The van der Waals surface area contributed by atoms with Crippen molar-refractivity contribution >= 4 is 34.7 Å². The van der Waals surface area contributed by atoms with E-state index in [1.807, 2.05) is 67.6 Å². The summed E-state index contributed by atoms with van der Waals surface area (Å²) in [6, 6.07) is 20.6. The molecule has 2 aromatic carbocycles. The van der Waals surface area contributed by atoms with E-state index >= 15 is 0 Å². The number of amides is 1. The number of benzene rings is 2. The molecule has 0 aliphatic heterocycles. The molecule has 0 aliphatic carbocycles. The van der Waals surface area contributed by atoms with Gasteiger partial charge in [0.2, 0.25) is 5.91 Å². The van der Waals surface area contributed by atoms with Crippen LogP contribution in [0.15, 0.2) is 76.7 Å². The Hall–Kier alpha value is -3.23. The van der Waals surface area contributed by atoms with Crippen molar-refractivity contribution in [3.8, 4) is 21.1 Å². The molecular weight excluding hydrogens is 416 g/mol. The number of carbonyl (C=O) groups is 1. The number of aryl methyl sites for hydroxylation is 1. The molecule has 8 heteroatoms. The molecule has 0 bridgehead atoms. The van der Waals surface area contributed by atoms with Gasteiger partial charge in [0.05, 0.1) is 22.0 Å². The zero-order chi connectivity index (χ0) is 20.9. The number of aromatic amines is 1. The molecule has 1 amide bonds. The van der Waals surface area contributed by atoms with Crippen LogP contribution in [0.1, 0.15) is 5.69 Å². The minimum atomic E-state index is -0.264. The van der Waals surface area contributed by atoms with Crippen molar-refractivity contribution in [2.75, 3.05) is 11.1 Å². The number of thioether (sulfide) groups is 1. The van der Waals surface area contributed by atoms with Crippen molar-refractivity contribution in [2.24, 2.45) is 0 Å². The number of nitrogens with zero attached hydrogens (tertiary/aromatic N) is 2. The van der Waals surface area contributed by atoms with Crippen molar-refractivity contribution in [3.63, 3.8) is 0 Å². The third-order valence-electron chi connectivity index (χ3n) is 4.17. The SMILES string of the molecule is Cc1nc(-c2ccccc2)sc1-c1cc(=O)[nH]c(SCC(=O)Nc2ccccc2)n1. The van der Waals surface area contributed by atoms with Gasteiger partial charge in [0, 0.05) is 17.3 Å². The summed E-state index contributed by atoms with van der Waals surface area (Å²) in [5, 5.41) is 4.09. The number of aromatic nitrogens is 3. The Balaban J connectivity index is 1.52. The Kier molecular flexibility index (Phi) is 6.06. The molecule has 0 saturated carbocycles. The lowest BCUT2D eigenvalue weighted by atomic mass is 10.2. The number of carbonyl (C=O) groups excluding carboxylic acids is 1. The molecule has 150 valence electrons. The number of para-hydroxylation sites is 1. The van der Waals surface area contributed by atoms with E-state index in [-0.39, 0.29) is 17.2 Å². The number of nitrogens with one attached hydrogen (secondary N) is 2. The minimum Gasteiger partial charge on any atom is -0.325 e. The van der Waals surface area contributed by atoms with E-state index in [1.54, 1.807) is 0 Å². The highest BCUT2D eigenvalue weighted by molar-refractivity contribution is 7.99. The highest BCUT2D eigenvalue weighted by Gasteiger charge is 2.14. The molecule has 0 atom stereocenters. The summed E-state index contributed by atoms with van der Waals surface area (Å²) in [6.45, 7) is 1.90. The van der Waals surface area contributed by atoms with E-state index in [4.69, 9.17) is 0 Å². The van der Waals surface area contributed by atoms with Gasteiger partial charge in [-0.1, -0.05) is 60.3 Å².